The van der Waals surface area contributed by atoms with Crippen LogP contribution in [0.3, 0.4) is 0 Å². The lowest BCUT2D eigenvalue weighted by Crippen LogP contribution is -2.53. The van der Waals surface area contributed by atoms with Crippen LogP contribution < -0.4 is 5.32 Å². The van der Waals surface area contributed by atoms with E-state index in [1.165, 1.54) is 6.92 Å². The van der Waals surface area contributed by atoms with Gasteiger partial charge in [-0.05, 0) is 25.7 Å². The number of carbonyl (C=O) groups is 1. The highest BCUT2D eigenvalue weighted by Gasteiger charge is 2.63. The highest BCUT2D eigenvalue weighted by molar-refractivity contribution is 5.84. The molecular weight excluding hydrogens is 269 g/mol. The van der Waals surface area contributed by atoms with Crippen molar-refractivity contribution in [1.29, 1.82) is 0 Å². The molecule has 0 aromatic rings. The molecule has 0 bridgehead atoms. The summed E-state index contributed by atoms with van der Waals surface area (Å²) >= 11 is 0. The summed E-state index contributed by atoms with van der Waals surface area (Å²) < 4.78 is 61.7. The summed E-state index contributed by atoms with van der Waals surface area (Å²) in [5, 5.41) is 1.82. The average molecular weight is 287 g/mol. The Morgan fingerprint density at radius 2 is 1.53 bits per heavy atom. The van der Waals surface area contributed by atoms with Crippen LogP contribution in [-0.2, 0) is 4.79 Å². The number of carbonyl (C=O) groups excluding carboxylic acids is 1. The van der Waals surface area contributed by atoms with Gasteiger partial charge in [0, 0.05) is 6.04 Å². The summed E-state index contributed by atoms with van der Waals surface area (Å²) in [6, 6.07) is -0.668. The Labute approximate surface area is 108 Å². The molecule has 112 valence electrons. The van der Waals surface area contributed by atoms with Gasteiger partial charge in [0.25, 0.3) is 0 Å². The van der Waals surface area contributed by atoms with Gasteiger partial charge in [-0.25, -0.2) is 0 Å². The Bertz CT molecular complexity index is 308. The average Bonchev–Trinajstić information content (AvgIpc) is 2.55. The Hall–Kier alpha value is -0.880. The number of nitrogens with one attached hydrogen (secondary N) is 1. The fourth-order valence-corrected chi connectivity index (χ4v) is 2.35. The molecule has 1 fully saturated rings. The first-order valence-corrected chi connectivity index (χ1v) is 6.41. The molecule has 0 heterocycles. The standard InChI is InChI=1S/C12H18F5NO/c1-8(9-6-4-2-3-5-7-9)18-10(19)11(13,14)12(15,16)17/h8-9H,2-7H2,1H3,(H,18,19)/t8-/m1/s1. The van der Waals surface area contributed by atoms with Crippen LogP contribution in [0.5, 0.6) is 0 Å². The van der Waals surface area contributed by atoms with Crippen LogP contribution in [0.2, 0.25) is 0 Å². The molecular formula is C12H18F5NO. The normalized spacial score (nSPS) is 20.7. The van der Waals surface area contributed by atoms with Crippen LogP contribution in [0.15, 0.2) is 0 Å². The van der Waals surface area contributed by atoms with E-state index in [0.29, 0.717) is 0 Å². The molecule has 19 heavy (non-hydrogen) atoms. The zero-order valence-electron chi connectivity index (χ0n) is 10.7. The van der Waals surface area contributed by atoms with Gasteiger partial charge in [-0.3, -0.25) is 4.79 Å². The molecule has 0 aromatic heterocycles. The molecule has 1 aliphatic rings. The molecule has 1 saturated carbocycles. The van der Waals surface area contributed by atoms with E-state index < -0.39 is 24.0 Å². The van der Waals surface area contributed by atoms with Crippen molar-refractivity contribution in [2.45, 2.75) is 63.6 Å². The minimum absolute atomic E-state index is 0.0320. The fraction of sp³-hybridized carbons (Fsp3) is 0.917. The van der Waals surface area contributed by atoms with Gasteiger partial charge in [-0.1, -0.05) is 25.7 Å². The first-order chi connectivity index (χ1) is 8.66. The molecule has 0 radical (unpaired) electrons. The number of halogens is 5. The van der Waals surface area contributed by atoms with Crippen molar-refractivity contribution in [3.05, 3.63) is 0 Å². The third kappa shape index (κ3) is 4.04. The third-order valence-electron chi connectivity index (χ3n) is 3.61. The van der Waals surface area contributed by atoms with Crippen LogP contribution in [0.4, 0.5) is 22.0 Å². The number of alkyl halides is 5. The molecule has 0 unspecified atom stereocenters. The van der Waals surface area contributed by atoms with E-state index in [9.17, 15) is 26.7 Å². The van der Waals surface area contributed by atoms with E-state index in [4.69, 9.17) is 0 Å². The third-order valence-corrected chi connectivity index (χ3v) is 3.61. The van der Waals surface area contributed by atoms with E-state index in [1.807, 2.05) is 5.32 Å². The predicted octanol–water partition coefficient (Wildman–Crippen LogP) is 3.66. The van der Waals surface area contributed by atoms with Crippen LogP contribution in [0, 0.1) is 5.92 Å². The van der Waals surface area contributed by atoms with Gasteiger partial charge >= 0.3 is 18.0 Å². The lowest BCUT2D eigenvalue weighted by atomic mass is 9.93. The summed E-state index contributed by atoms with van der Waals surface area (Å²) in [6.45, 7) is 1.49. The van der Waals surface area contributed by atoms with Crippen LogP contribution in [0.25, 0.3) is 0 Å². The maximum atomic E-state index is 12.8. The number of rotatable bonds is 3. The van der Waals surface area contributed by atoms with E-state index >= 15 is 0 Å². The summed E-state index contributed by atoms with van der Waals surface area (Å²) in [5.41, 5.74) is 0. The Balaban J connectivity index is 2.60. The van der Waals surface area contributed by atoms with Crippen molar-refractivity contribution in [3.8, 4) is 0 Å². The topological polar surface area (TPSA) is 29.1 Å². The monoisotopic (exact) mass is 287 g/mol. The van der Waals surface area contributed by atoms with Gasteiger partial charge in [-0.15, -0.1) is 0 Å². The number of hydrogen-bond donors (Lipinski definition) is 1. The molecule has 0 saturated heterocycles. The molecule has 1 N–H and O–H groups in total. The smallest absolute Gasteiger partial charge is 0.348 e. The lowest BCUT2D eigenvalue weighted by Gasteiger charge is -2.26. The second kappa shape index (κ2) is 6.05. The summed E-state index contributed by atoms with van der Waals surface area (Å²) in [7, 11) is 0. The van der Waals surface area contributed by atoms with E-state index in [1.54, 1.807) is 0 Å². The largest absolute Gasteiger partial charge is 0.463 e. The number of hydrogen-bond acceptors (Lipinski definition) is 1. The maximum absolute atomic E-state index is 12.8. The van der Waals surface area contributed by atoms with Crippen molar-refractivity contribution >= 4 is 5.91 Å². The van der Waals surface area contributed by atoms with Crippen LogP contribution in [0.1, 0.15) is 45.4 Å². The van der Waals surface area contributed by atoms with Gasteiger partial charge in [0.1, 0.15) is 0 Å². The van der Waals surface area contributed by atoms with Crippen LogP contribution in [-0.4, -0.2) is 24.0 Å². The van der Waals surface area contributed by atoms with E-state index in [2.05, 4.69) is 0 Å². The maximum Gasteiger partial charge on any atom is 0.463 e. The van der Waals surface area contributed by atoms with E-state index in [0.717, 1.165) is 38.5 Å². The zero-order valence-corrected chi connectivity index (χ0v) is 10.7. The molecule has 1 amide bonds. The van der Waals surface area contributed by atoms with Gasteiger partial charge in [0.05, 0.1) is 0 Å². The Morgan fingerprint density at radius 1 is 1.05 bits per heavy atom. The second-order valence-electron chi connectivity index (χ2n) is 5.09. The molecule has 2 nitrogen and oxygen atoms in total. The van der Waals surface area contributed by atoms with Gasteiger partial charge in [0.2, 0.25) is 0 Å². The molecule has 1 rings (SSSR count). The quantitative estimate of drug-likeness (QED) is 0.623. The molecule has 0 aliphatic heterocycles. The summed E-state index contributed by atoms with van der Waals surface area (Å²) in [4.78, 5) is 11.1. The van der Waals surface area contributed by atoms with Gasteiger partial charge in [0.15, 0.2) is 0 Å². The molecule has 1 atom stereocenters. The van der Waals surface area contributed by atoms with E-state index in [-0.39, 0.29) is 5.92 Å². The first kappa shape index (κ1) is 16.2. The highest BCUT2D eigenvalue weighted by Crippen LogP contribution is 2.36. The minimum atomic E-state index is -5.85. The molecule has 0 aromatic carbocycles. The summed E-state index contributed by atoms with van der Waals surface area (Å²) in [6.07, 6.45) is -0.439. The van der Waals surface area contributed by atoms with Crippen molar-refractivity contribution in [2.75, 3.05) is 0 Å². The second-order valence-corrected chi connectivity index (χ2v) is 5.09. The fourth-order valence-electron chi connectivity index (χ4n) is 2.35. The van der Waals surface area contributed by atoms with Gasteiger partial charge in [-0.2, -0.15) is 22.0 Å². The van der Waals surface area contributed by atoms with Gasteiger partial charge < -0.3 is 5.32 Å². The number of amides is 1. The Kier molecular flexibility index (Phi) is 5.15. The SMILES string of the molecule is C[C@@H](NC(=O)C(F)(F)C(F)(F)F)C1CCCCCC1. The Morgan fingerprint density at radius 3 is 1.95 bits per heavy atom. The molecule has 7 heteroatoms. The first-order valence-electron chi connectivity index (χ1n) is 6.41. The highest BCUT2D eigenvalue weighted by atomic mass is 19.4. The van der Waals surface area contributed by atoms with Crippen molar-refractivity contribution in [3.63, 3.8) is 0 Å². The summed E-state index contributed by atoms with van der Waals surface area (Å²) in [5.74, 6) is -7.61. The van der Waals surface area contributed by atoms with Crippen molar-refractivity contribution in [1.82, 2.24) is 5.32 Å². The predicted molar refractivity (Wildman–Crippen MR) is 59.8 cm³/mol. The molecule has 0 spiro atoms. The van der Waals surface area contributed by atoms with Crippen molar-refractivity contribution < 1.29 is 26.7 Å². The minimum Gasteiger partial charge on any atom is -0.348 e. The molecule has 1 aliphatic carbocycles. The lowest BCUT2D eigenvalue weighted by molar-refractivity contribution is -0.270. The van der Waals surface area contributed by atoms with Crippen LogP contribution >= 0.6 is 0 Å². The van der Waals surface area contributed by atoms with Crippen molar-refractivity contribution in [2.24, 2.45) is 5.92 Å². The zero-order chi connectivity index (χ0) is 14.7.